The van der Waals surface area contributed by atoms with Gasteiger partial charge in [-0.1, -0.05) is 12.1 Å². The zero-order valence-electron chi connectivity index (χ0n) is 22.1. The third-order valence-corrected chi connectivity index (χ3v) is 6.73. The summed E-state index contributed by atoms with van der Waals surface area (Å²) in [6.07, 6.45) is 4.39. The summed E-state index contributed by atoms with van der Waals surface area (Å²) in [7, 11) is 1.75. The lowest BCUT2D eigenvalue weighted by Gasteiger charge is -2.25. The van der Waals surface area contributed by atoms with Gasteiger partial charge in [-0.15, -0.1) is 0 Å². The van der Waals surface area contributed by atoms with Crippen LogP contribution in [0.5, 0.6) is 0 Å². The lowest BCUT2D eigenvalue weighted by atomic mass is 9.85. The summed E-state index contributed by atoms with van der Waals surface area (Å²) in [6, 6.07) is 9.35. The number of aryl methyl sites for hydroxylation is 2. The molecule has 2 aromatic heterocycles. The van der Waals surface area contributed by atoms with E-state index in [0.717, 1.165) is 17.7 Å². The van der Waals surface area contributed by atoms with Gasteiger partial charge < -0.3 is 25.4 Å². The normalized spacial score (nSPS) is 14.3. The number of aromatic nitrogens is 3. The monoisotopic (exact) mass is 560 g/mol. The van der Waals surface area contributed by atoms with E-state index >= 15 is 0 Å². The van der Waals surface area contributed by atoms with E-state index in [0.29, 0.717) is 22.4 Å². The highest BCUT2D eigenvalue weighted by atomic mass is 19.1. The van der Waals surface area contributed by atoms with Crippen molar-refractivity contribution in [2.24, 2.45) is 12.0 Å². The van der Waals surface area contributed by atoms with Gasteiger partial charge in [0.1, 0.15) is 29.1 Å². The molecular formula is C29H26F2N6O4. The van der Waals surface area contributed by atoms with Gasteiger partial charge in [-0.25, -0.2) is 23.7 Å². The fourth-order valence-corrected chi connectivity index (χ4v) is 4.67. The molecule has 10 nitrogen and oxygen atoms in total. The number of carbonyl (C=O) groups excluding carboxylic acids is 2. The molecule has 41 heavy (non-hydrogen) atoms. The molecule has 0 spiro atoms. The van der Waals surface area contributed by atoms with Crippen molar-refractivity contribution < 1.29 is 28.6 Å². The highest BCUT2D eigenvalue weighted by Gasteiger charge is 2.35. The van der Waals surface area contributed by atoms with Crippen LogP contribution in [0.4, 0.5) is 20.3 Å². The number of aliphatic imine (C=N–C) groups is 1. The molecule has 1 aliphatic rings. The Kier molecular flexibility index (Phi) is 7.68. The van der Waals surface area contributed by atoms with E-state index in [2.05, 4.69) is 25.6 Å². The number of rotatable bonds is 8. The molecule has 4 N–H and O–H groups in total. The Morgan fingerprint density at radius 3 is 2.49 bits per heavy atom. The Bertz CT molecular complexity index is 1660. The third kappa shape index (κ3) is 5.47. The summed E-state index contributed by atoms with van der Waals surface area (Å²) in [5.74, 6) is -4.40. The molecule has 0 fully saturated rings. The molecule has 0 saturated carbocycles. The van der Waals surface area contributed by atoms with Crippen molar-refractivity contribution in [1.29, 1.82) is 0 Å². The summed E-state index contributed by atoms with van der Waals surface area (Å²) in [6.45, 7) is 0.984. The summed E-state index contributed by atoms with van der Waals surface area (Å²) in [5.41, 5.74) is 2.47. The first kappa shape index (κ1) is 27.7. The smallest absolute Gasteiger partial charge is 0.275 e. The first-order chi connectivity index (χ1) is 19.7. The number of aliphatic hydroxyl groups excluding tert-OH is 2. The first-order valence-electron chi connectivity index (χ1n) is 12.7. The van der Waals surface area contributed by atoms with Crippen molar-refractivity contribution in [2.45, 2.75) is 18.9 Å². The van der Waals surface area contributed by atoms with Crippen LogP contribution in [0.3, 0.4) is 0 Å². The molecule has 210 valence electrons. The zero-order valence-corrected chi connectivity index (χ0v) is 22.1. The molecule has 0 aliphatic carbocycles. The average Bonchev–Trinajstić information content (AvgIpc) is 3.39. The maximum absolute atomic E-state index is 14.9. The second kappa shape index (κ2) is 11.4. The Labute approximate surface area is 233 Å². The Morgan fingerprint density at radius 1 is 1.10 bits per heavy atom. The third-order valence-electron chi connectivity index (χ3n) is 6.73. The van der Waals surface area contributed by atoms with Crippen LogP contribution in [0.1, 0.15) is 38.8 Å². The van der Waals surface area contributed by atoms with Crippen LogP contribution in [0.25, 0.3) is 11.1 Å². The number of nitrogens with one attached hydrogen (secondary N) is 2. The number of aliphatic hydroxyl groups is 2. The second-order valence-electron chi connectivity index (χ2n) is 9.63. The Balaban J connectivity index is 1.67. The summed E-state index contributed by atoms with van der Waals surface area (Å²) < 4.78 is 31.5. The van der Waals surface area contributed by atoms with Gasteiger partial charge in [-0.2, -0.15) is 0 Å². The zero-order chi connectivity index (χ0) is 29.3. The van der Waals surface area contributed by atoms with Crippen LogP contribution in [-0.4, -0.2) is 62.0 Å². The maximum atomic E-state index is 14.9. The number of anilines is 2. The van der Waals surface area contributed by atoms with Crippen LogP contribution >= 0.6 is 0 Å². The number of amides is 2. The van der Waals surface area contributed by atoms with E-state index < -0.39 is 54.2 Å². The summed E-state index contributed by atoms with van der Waals surface area (Å²) in [4.78, 5) is 38.3. The number of pyridine rings is 1. The van der Waals surface area contributed by atoms with Crippen LogP contribution in [-0.2, 0) is 11.8 Å². The highest BCUT2D eigenvalue weighted by Crippen LogP contribution is 2.39. The number of fused-ring (bicyclic) bond motifs is 1. The van der Waals surface area contributed by atoms with Crippen molar-refractivity contribution in [3.63, 3.8) is 0 Å². The first-order valence-corrected chi connectivity index (χ1v) is 12.7. The van der Waals surface area contributed by atoms with Crippen LogP contribution in [0.2, 0.25) is 0 Å². The molecule has 1 atom stereocenters. The highest BCUT2D eigenvalue weighted by molar-refractivity contribution is 6.07. The van der Waals surface area contributed by atoms with Crippen molar-refractivity contribution in [1.82, 2.24) is 14.5 Å². The second-order valence-corrected chi connectivity index (χ2v) is 9.63. The quantitative estimate of drug-likeness (QED) is 0.259. The van der Waals surface area contributed by atoms with E-state index in [-0.39, 0.29) is 17.2 Å². The fourth-order valence-electron chi connectivity index (χ4n) is 4.67. The van der Waals surface area contributed by atoms with Gasteiger partial charge >= 0.3 is 0 Å². The number of carbonyl (C=O) groups is 2. The average molecular weight is 561 g/mol. The molecule has 1 unspecified atom stereocenters. The molecule has 0 radical (unpaired) electrons. The largest absolute Gasteiger partial charge is 0.394 e. The van der Waals surface area contributed by atoms with Gasteiger partial charge in [-0.3, -0.25) is 9.59 Å². The summed E-state index contributed by atoms with van der Waals surface area (Å²) >= 11 is 0. The van der Waals surface area contributed by atoms with Gasteiger partial charge in [0.15, 0.2) is 0 Å². The minimum Gasteiger partial charge on any atom is -0.394 e. The number of hydrogen-bond acceptors (Lipinski definition) is 7. The SMILES string of the molecule is Cc1ccc(NC(=O)c2cn(C)cn2)cc1-c1cc(NC(CO)CO)nc2c1C=NC(=O)C2c1c(F)cccc1F. The molecule has 3 heterocycles. The van der Waals surface area contributed by atoms with E-state index in [1.807, 2.05) is 6.92 Å². The van der Waals surface area contributed by atoms with Crippen molar-refractivity contribution >= 4 is 29.5 Å². The standard InChI is InChI=1S/C29H26F2N6O4/c1-15-6-7-16(35-28(40)23-11-37(2)14-33-23)8-18(15)19-9-24(34-17(12-38)13-39)36-27-20(19)10-32-29(41)26(27)25-21(30)4-3-5-22(25)31/h3-11,14,17,26,38-39H,12-13H2,1-2H3,(H,34,36)(H,35,40). The maximum Gasteiger partial charge on any atom is 0.275 e. The van der Waals surface area contributed by atoms with E-state index in [9.17, 15) is 28.6 Å². The molecule has 12 heteroatoms. The van der Waals surface area contributed by atoms with Crippen LogP contribution in [0, 0.1) is 18.6 Å². The fraction of sp³-hybridized carbons (Fsp3) is 0.207. The molecule has 2 amide bonds. The molecule has 0 saturated heterocycles. The van der Waals surface area contributed by atoms with Gasteiger partial charge in [0, 0.05) is 36.3 Å². The predicted octanol–water partition coefficient (Wildman–Crippen LogP) is 3.18. The number of hydrogen-bond donors (Lipinski definition) is 4. The van der Waals surface area contributed by atoms with E-state index in [4.69, 9.17) is 0 Å². The van der Waals surface area contributed by atoms with Crippen molar-refractivity contribution in [2.75, 3.05) is 23.8 Å². The number of nitrogens with zero attached hydrogens (tertiary/aromatic N) is 4. The number of halogens is 2. The molecule has 1 aliphatic heterocycles. The van der Waals surface area contributed by atoms with Gasteiger partial charge in [0.2, 0.25) is 0 Å². The van der Waals surface area contributed by atoms with Gasteiger partial charge in [0.25, 0.3) is 11.8 Å². The Hall–Kier alpha value is -4.81. The topological polar surface area (TPSA) is 142 Å². The number of benzene rings is 2. The predicted molar refractivity (Wildman–Crippen MR) is 148 cm³/mol. The van der Waals surface area contributed by atoms with Crippen molar-refractivity contribution in [3.8, 4) is 11.1 Å². The van der Waals surface area contributed by atoms with E-state index in [1.165, 1.54) is 18.6 Å². The van der Waals surface area contributed by atoms with E-state index in [1.54, 1.807) is 42.1 Å². The molecular weight excluding hydrogens is 534 g/mol. The molecule has 4 aromatic rings. The van der Waals surface area contributed by atoms with Gasteiger partial charge in [0.05, 0.1) is 31.3 Å². The number of imidazole rings is 1. The van der Waals surface area contributed by atoms with Crippen molar-refractivity contribution in [3.05, 3.63) is 94.7 Å². The Morgan fingerprint density at radius 2 is 1.83 bits per heavy atom. The van der Waals surface area contributed by atoms with Gasteiger partial charge in [-0.05, 0) is 53.9 Å². The molecule has 2 aromatic carbocycles. The lowest BCUT2D eigenvalue weighted by molar-refractivity contribution is -0.118. The minimum absolute atomic E-state index is 0.0472. The molecule has 5 rings (SSSR count). The van der Waals surface area contributed by atoms with Crippen LogP contribution < -0.4 is 10.6 Å². The molecule has 0 bridgehead atoms. The lowest BCUT2D eigenvalue weighted by Crippen LogP contribution is -2.29. The minimum atomic E-state index is -1.48. The van der Waals surface area contributed by atoms with Crippen LogP contribution in [0.15, 0.2) is 60.0 Å². The summed E-state index contributed by atoms with van der Waals surface area (Å²) in [5, 5.41) is 25.0.